The highest BCUT2D eigenvalue weighted by Crippen LogP contribution is 2.18. The van der Waals surface area contributed by atoms with E-state index in [4.69, 9.17) is 9.84 Å². The number of para-hydroxylation sites is 1. The lowest BCUT2D eigenvalue weighted by molar-refractivity contribution is -0.519. The van der Waals surface area contributed by atoms with Gasteiger partial charge in [0.25, 0.3) is 0 Å². The topological polar surface area (TPSA) is 148 Å². The lowest BCUT2D eigenvalue weighted by Crippen LogP contribution is -2.54. The van der Waals surface area contributed by atoms with Crippen LogP contribution in [0.1, 0.15) is 27.7 Å². The lowest BCUT2D eigenvalue weighted by atomic mass is 9.93. The van der Waals surface area contributed by atoms with Crippen LogP contribution in [0.5, 0.6) is 0 Å². The standard InChI is InChI=1S/C17H23N3O7/c1-10(13(14(21)22)20(25)26)12(15(23)27-17(2,3)4)19-16(24)18-11-8-6-5-7-9-11/h5-10,12-13H,1-4H3,(H,21,22)(H2,18,19,24)/t10?,12-,13?/m0/s1. The summed E-state index contributed by atoms with van der Waals surface area (Å²) < 4.78 is 5.18. The van der Waals surface area contributed by atoms with Crippen LogP contribution in [0, 0.1) is 16.0 Å². The molecule has 0 bridgehead atoms. The number of hydrogen-bond acceptors (Lipinski definition) is 6. The Hall–Kier alpha value is -3.17. The van der Waals surface area contributed by atoms with Crippen molar-refractivity contribution in [1.29, 1.82) is 0 Å². The molecule has 0 saturated heterocycles. The van der Waals surface area contributed by atoms with E-state index >= 15 is 0 Å². The summed E-state index contributed by atoms with van der Waals surface area (Å²) in [6.07, 6.45) is 0. The fourth-order valence-corrected chi connectivity index (χ4v) is 2.29. The van der Waals surface area contributed by atoms with Crippen molar-refractivity contribution in [3.8, 4) is 0 Å². The number of carbonyl (C=O) groups excluding carboxylic acids is 2. The van der Waals surface area contributed by atoms with Gasteiger partial charge in [-0.25, -0.2) is 14.4 Å². The van der Waals surface area contributed by atoms with Crippen LogP contribution in [0.4, 0.5) is 10.5 Å². The predicted molar refractivity (Wildman–Crippen MR) is 95.8 cm³/mol. The van der Waals surface area contributed by atoms with E-state index in [-0.39, 0.29) is 0 Å². The van der Waals surface area contributed by atoms with Crippen LogP contribution in [-0.4, -0.2) is 45.7 Å². The molecule has 2 unspecified atom stereocenters. The summed E-state index contributed by atoms with van der Waals surface area (Å²) in [4.78, 5) is 46.0. The van der Waals surface area contributed by atoms with Gasteiger partial charge < -0.3 is 20.5 Å². The largest absolute Gasteiger partial charge is 0.476 e. The summed E-state index contributed by atoms with van der Waals surface area (Å²) in [7, 11) is 0. The molecule has 0 spiro atoms. The maximum absolute atomic E-state index is 12.5. The second-order valence-corrected chi connectivity index (χ2v) is 6.90. The van der Waals surface area contributed by atoms with Gasteiger partial charge in [0.2, 0.25) is 0 Å². The van der Waals surface area contributed by atoms with Crippen molar-refractivity contribution in [2.45, 2.75) is 45.4 Å². The van der Waals surface area contributed by atoms with E-state index < -0.39 is 46.5 Å². The van der Waals surface area contributed by atoms with Gasteiger partial charge in [-0.05, 0) is 32.9 Å². The Morgan fingerprint density at radius 3 is 2.19 bits per heavy atom. The number of ether oxygens (including phenoxy) is 1. The molecule has 1 rings (SSSR count). The van der Waals surface area contributed by atoms with Crippen molar-refractivity contribution in [3.63, 3.8) is 0 Å². The molecule has 0 aliphatic rings. The molecule has 0 radical (unpaired) electrons. The number of amides is 2. The monoisotopic (exact) mass is 381 g/mol. The minimum atomic E-state index is -2.10. The highest BCUT2D eigenvalue weighted by Gasteiger charge is 2.45. The van der Waals surface area contributed by atoms with Crippen LogP contribution < -0.4 is 10.6 Å². The average Bonchev–Trinajstić information content (AvgIpc) is 2.50. The first kappa shape index (κ1) is 21.9. The van der Waals surface area contributed by atoms with Crippen molar-refractivity contribution in [3.05, 3.63) is 40.4 Å². The summed E-state index contributed by atoms with van der Waals surface area (Å²) in [6.45, 7) is 5.94. The molecular formula is C17H23N3O7. The van der Waals surface area contributed by atoms with Gasteiger partial charge >= 0.3 is 24.0 Å². The van der Waals surface area contributed by atoms with Crippen LogP contribution in [0.3, 0.4) is 0 Å². The molecule has 0 saturated carbocycles. The number of rotatable bonds is 7. The Morgan fingerprint density at radius 2 is 1.74 bits per heavy atom. The van der Waals surface area contributed by atoms with Crippen LogP contribution in [0.25, 0.3) is 0 Å². The molecular weight excluding hydrogens is 358 g/mol. The Bertz CT molecular complexity index is 686. The van der Waals surface area contributed by atoms with E-state index in [0.717, 1.165) is 0 Å². The summed E-state index contributed by atoms with van der Waals surface area (Å²) in [5.74, 6) is -4.05. The van der Waals surface area contributed by atoms with Crippen molar-refractivity contribution in [1.82, 2.24) is 5.32 Å². The van der Waals surface area contributed by atoms with Crippen LogP contribution in [0.15, 0.2) is 30.3 Å². The van der Waals surface area contributed by atoms with Gasteiger partial charge in [0.1, 0.15) is 11.6 Å². The first-order valence-electron chi connectivity index (χ1n) is 8.14. The van der Waals surface area contributed by atoms with Crippen LogP contribution in [-0.2, 0) is 14.3 Å². The minimum Gasteiger partial charge on any atom is -0.476 e. The number of carboxylic acid groups (broad SMARTS) is 1. The van der Waals surface area contributed by atoms with Gasteiger partial charge in [-0.3, -0.25) is 10.1 Å². The molecule has 3 atom stereocenters. The molecule has 0 fully saturated rings. The number of urea groups is 1. The molecule has 1 aromatic carbocycles. The van der Waals surface area contributed by atoms with E-state index in [1.165, 1.54) is 6.92 Å². The highest BCUT2D eigenvalue weighted by molar-refractivity contribution is 5.93. The van der Waals surface area contributed by atoms with Crippen molar-refractivity contribution < 1.29 is 29.2 Å². The Labute approximate surface area is 156 Å². The highest BCUT2D eigenvalue weighted by atomic mass is 16.6. The number of benzene rings is 1. The number of hydrogen-bond donors (Lipinski definition) is 3. The second-order valence-electron chi connectivity index (χ2n) is 6.90. The van der Waals surface area contributed by atoms with Gasteiger partial charge in [0, 0.05) is 10.6 Å². The number of nitro groups is 1. The maximum Gasteiger partial charge on any atom is 0.379 e. The fourth-order valence-electron chi connectivity index (χ4n) is 2.29. The number of nitrogens with zero attached hydrogens (tertiary/aromatic N) is 1. The van der Waals surface area contributed by atoms with Crippen molar-refractivity contribution >= 4 is 23.7 Å². The molecule has 1 aromatic rings. The molecule has 3 N–H and O–H groups in total. The van der Waals surface area contributed by atoms with Gasteiger partial charge in [0.15, 0.2) is 0 Å². The molecule has 0 aromatic heterocycles. The number of carbonyl (C=O) groups is 3. The number of esters is 1. The number of nitrogens with one attached hydrogen (secondary N) is 2. The Morgan fingerprint density at radius 1 is 1.19 bits per heavy atom. The zero-order valence-electron chi connectivity index (χ0n) is 15.5. The Kier molecular flexibility index (Phi) is 7.26. The first-order chi connectivity index (χ1) is 12.4. The maximum atomic E-state index is 12.5. The predicted octanol–water partition coefficient (Wildman–Crippen LogP) is 1.88. The summed E-state index contributed by atoms with van der Waals surface area (Å²) in [5, 5.41) is 25.0. The zero-order chi connectivity index (χ0) is 20.8. The van der Waals surface area contributed by atoms with E-state index in [0.29, 0.717) is 5.69 Å². The summed E-state index contributed by atoms with van der Waals surface area (Å²) in [5.41, 5.74) is -0.505. The van der Waals surface area contributed by atoms with Gasteiger partial charge in [-0.15, -0.1) is 0 Å². The summed E-state index contributed by atoms with van der Waals surface area (Å²) >= 11 is 0. The third-order valence-electron chi connectivity index (χ3n) is 3.48. The normalized spacial score (nSPS) is 14.4. The van der Waals surface area contributed by atoms with Gasteiger partial charge in [0.05, 0.1) is 5.92 Å². The van der Waals surface area contributed by atoms with Gasteiger partial charge in [-0.2, -0.15) is 0 Å². The minimum absolute atomic E-state index is 0.426. The molecule has 10 nitrogen and oxygen atoms in total. The smallest absolute Gasteiger partial charge is 0.379 e. The fraction of sp³-hybridized carbons (Fsp3) is 0.471. The third-order valence-corrected chi connectivity index (χ3v) is 3.48. The molecule has 0 aliphatic heterocycles. The van der Waals surface area contributed by atoms with E-state index in [9.17, 15) is 24.5 Å². The molecule has 148 valence electrons. The van der Waals surface area contributed by atoms with E-state index in [1.54, 1.807) is 51.1 Å². The van der Waals surface area contributed by atoms with Crippen LogP contribution in [0.2, 0.25) is 0 Å². The molecule has 0 aliphatic carbocycles. The number of aliphatic carboxylic acids is 1. The second kappa shape index (κ2) is 8.97. The van der Waals surface area contributed by atoms with E-state index in [1.807, 2.05) is 0 Å². The van der Waals surface area contributed by atoms with Crippen LogP contribution >= 0.6 is 0 Å². The van der Waals surface area contributed by atoms with E-state index in [2.05, 4.69) is 10.6 Å². The number of carboxylic acids is 1. The molecule has 2 amide bonds. The average molecular weight is 381 g/mol. The van der Waals surface area contributed by atoms with Crippen molar-refractivity contribution in [2.24, 2.45) is 5.92 Å². The first-order valence-corrected chi connectivity index (χ1v) is 8.14. The quantitative estimate of drug-likeness (QED) is 0.371. The number of anilines is 1. The Balaban J connectivity index is 3.06. The zero-order valence-corrected chi connectivity index (χ0v) is 15.5. The van der Waals surface area contributed by atoms with Crippen molar-refractivity contribution in [2.75, 3.05) is 5.32 Å². The lowest BCUT2D eigenvalue weighted by Gasteiger charge is -2.28. The summed E-state index contributed by atoms with van der Waals surface area (Å²) in [6, 6.07) is 3.83. The third kappa shape index (κ3) is 6.92. The molecule has 0 heterocycles. The van der Waals surface area contributed by atoms with Gasteiger partial charge in [-0.1, -0.05) is 25.1 Å². The molecule has 27 heavy (non-hydrogen) atoms. The SMILES string of the molecule is CC(C(C(=O)O)[N+](=O)[O-])[C@H](NC(=O)Nc1ccccc1)C(=O)OC(C)(C)C. The molecule has 10 heteroatoms.